The van der Waals surface area contributed by atoms with Crippen LogP contribution in [0.3, 0.4) is 0 Å². The lowest BCUT2D eigenvalue weighted by atomic mass is 10.1. The van der Waals surface area contributed by atoms with Crippen molar-refractivity contribution in [3.63, 3.8) is 0 Å². The van der Waals surface area contributed by atoms with Crippen molar-refractivity contribution in [1.82, 2.24) is 9.62 Å². The molecular formula is C18H30N2O7S. The molecule has 0 aromatic carbocycles. The number of esters is 1. The van der Waals surface area contributed by atoms with Crippen molar-refractivity contribution in [2.75, 3.05) is 33.4 Å². The first-order chi connectivity index (χ1) is 12.9. The first-order valence-corrected chi connectivity index (χ1v) is 10.5. The van der Waals surface area contributed by atoms with Gasteiger partial charge in [0.2, 0.25) is 5.09 Å². The highest BCUT2D eigenvalue weighted by Gasteiger charge is 2.28. The standard InChI is InChI=1S/C18H30N2O7S/c1-7-26-11-10-20(12-13(2)17(22)25-6)16(21)14-8-9-15(27-14)28(23,24)19-18(3,4)5/h8-9,13,19H,7,10-12H2,1-6H3/t13-/m1/s1. The van der Waals surface area contributed by atoms with E-state index < -0.39 is 33.4 Å². The number of furan rings is 1. The van der Waals surface area contributed by atoms with Crippen LogP contribution in [0.2, 0.25) is 0 Å². The van der Waals surface area contributed by atoms with E-state index in [0.717, 1.165) is 0 Å². The molecule has 1 atom stereocenters. The monoisotopic (exact) mass is 418 g/mol. The van der Waals surface area contributed by atoms with E-state index in [1.54, 1.807) is 27.7 Å². The minimum Gasteiger partial charge on any atom is -0.469 e. The van der Waals surface area contributed by atoms with Gasteiger partial charge in [-0.3, -0.25) is 9.59 Å². The van der Waals surface area contributed by atoms with E-state index in [0.29, 0.717) is 6.61 Å². The van der Waals surface area contributed by atoms with Crippen LogP contribution in [0.5, 0.6) is 0 Å². The molecule has 1 rings (SSSR count). The molecule has 10 heteroatoms. The molecule has 0 bridgehead atoms. The molecule has 28 heavy (non-hydrogen) atoms. The van der Waals surface area contributed by atoms with Gasteiger partial charge in [-0.2, -0.15) is 0 Å². The topological polar surface area (TPSA) is 115 Å². The fourth-order valence-electron chi connectivity index (χ4n) is 2.39. The number of amides is 1. The van der Waals surface area contributed by atoms with E-state index >= 15 is 0 Å². The van der Waals surface area contributed by atoms with Gasteiger partial charge in [0.25, 0.3) is 15.9 Å². The molecule has 0 unspecified atom stereocenters. The van der Waals surface area contributed by atoms with Crippen molar-refractivity contribution in [1.29, 1.82) is 0 Å². The van der Waals surface area contributed by atoms with Crippen LogP contribution in [0.4, 0.5) is 0 Å². The Bertz CT molecular complexity index is 765. The Morgan fingerprint density at radius 2 is 1.93 bits per heavy atom. The molecule has 0 aliphatic rings. The van der Waals surface area contributed by atoms with Crippen LogP contribution in [0.1, 0.15) is 45.2 Å². The number of carbonyl (C=O) groups is 2. The fourth-order valence-corrected chi connectivity index (χ4v) is 3.74. The Morgan fingerprint density at radius 3 is 2.46 bits per heavy atom. The summed E-state index contributed by atoms with van der Waals surface area (Å²) in [5.74, 6) is -1.68. The van der Waals surface area contributed by atoms with Gasteiger partial charge in [-0.1, -0.05) is 6.92 Å². The summed E-state index contributed by atoms with van der Waals surface area (Å²) >= 11 is 0. The maximum atomic E-state index is 12.8. The fraction of sp³-hybridized carbons (Fsp3) is 0.667. The molecular weight excluding hydrogens is 388 g/mol. The first-order valence-electron chi connectivity index (χ1n) is 9.00. The van der Waals surface area contributed by atoms with E-state index in [-0.39, 0.29) is 30.5 Å². The van der Waals surface area contributed by atoms with Crippen LogP contribution in [0.25, 0.3) is 0 Å². The average Bonchev–Trinajstić information content (AvgIpc) is 3.08. The Labute approximate surface area is 166 Å². The van der Waals surface area contributed by atoms with Crippen LogP contribution in [-0.4, -0.2) is 64.1 Å². The van der Waals surface area contributed by atoms with Crippen molar-refractivity contribution >= 4 is 21.9 Å². The van der Waals surface area contributed by atoms with Gasteiger partial charge in [-0.05, 0) is 39.8 Å². The minimum atomic E-state index is -3.90. The maximum absolute atomic E-state index is 12.8. The summed E-state index contributed by atoms with van der Waals surface area (Å²) in [5.41, 5.74) is -0.699. The van der Waals surface area contributed by atoms with Gasteiger partial charge in [0.05, 0.1) is 19.6 Å². The molecule has 9 nitrogen and oxygen atoms in total. The second-order valence-corrected chi connectivity index (χ2v) is 8.96. The third-order valence-corrected chi connectivity index (χ3v) is 5.22. The zero-order valence-electron chi connectivity index (χ0n) is 17.3. The lowest BCUT2D eigenvalue weighted by molar-refractivity contribution is -0.145. The number of hydrogen-bond donors (Lipinski definition) is 1. The highest BCUT2D eigenvalue weighted by Crippen LogP contribution is 2.18. The van der Waals surface area contributed by atoms with E-state index in [4.69, 9.17) is 13.9 Å². The number of rotatable bonds is 10. The summed E-state index contributed by atoms with van der Waals surface area (Å²) in [6, 6.07) is 2.53. The van der Waals surface area contributed by atoms with Gasteiger partial charge in [-0.15, -0.1) is 0 Å². The second kappa shape index (κ2) is 10.0. The normalized spacial score (nSPS) is 13.2. The van der Waals surface area contributed by atoms with Crippen LogP contribution in [0, 0.1) is 5.92 Å². The van der Waals surface area contributed by atoms with Gasteiger partial charge >= 0.3 is 5.97 Å². The van der Waals surface area contributed by atoms with Crippen molar-refractivity contribution in [3.8, 4) is 0 Å². The molecule has 0 saturated heterocycles. The highest BCUT2D eigenvalue weighted by molar-refractivity contribution is 7.89. The zero-order chi connectivity index (χ0) is 21.5. The average molecular weight is 419 g/mol. The van der Waals surface area contributed by atoms with Gasteiger partial charge in [0.15, 0.2) is 5.76 Å². The number of nitrogens with one attached hydrogen (secondary N) is 1. The molecule has 0 saturated carbocycles. The van der Waals surface area contributed by atoms with Gasteiger partial charge in [-0.25, -0.2) is 13.1 Å². The van der Waals surface area contributed by atoms with Crippen LogP contribution in [-0.2, 0) is 24.3 Å². The smallest absolute Gasteiger partial charge is 0.310 e. The van der Waals surface area contributed by atoms with Crippen LogP contribution in [0.15, 0.2) is 21.6 Å². The Morgan fingerprint density at radius 1 is 1.29 bits per heavy atom. The van der Waals surface area contributed by atoms with Crippen LogP contribution < -0.4 is 4.72 Å². The molecule has 1 aromatic rings. The van der Waals surface area contributed by atoms with Crippen LogP contribution >= 0.6 is 0 Å². The van der Waals surface area contributed by atoms with E-state index in [9.17, 15) is 18.0 Å². The molecule has 1 aromatic heterocycles. The number of nitrogens with zero attached hydrogens (tertiary/aromatic N) is 1. The highest BCUT2D eigenvalue weighted by atomic mass is 32.2. The number of carbonyl (C=O) groups excluding carboxylic acids is 2. The van der Waals surface area contributed by atoms with Gasteiger partial charge in [0.1, 0.15) is 0 Å². The Hall–Kier alpha value is -1.91. The molecule has 1 N–H and O–H groups in total. The molecule has 0 aliphatic carbocycles. The summed E-state index contributed by atoms with van der Waals surface area (Å²) in [6.45, 7) is 9.62. The number of hydrogen-bond acceptors (Lipinski definition) is 7. The molecule has 160 valence electrons. The van der Waals surface area contributed by atoms with Crippen molar-refractivity contribution < 1.29 is 31.9 Å². The second-order valence-electron chi connectivity index (χ2n) is 7.35. The molecule has 0 fully saturated rings. The van der Waals surface area contributed by atoms with Gasteiger partial charge in [0, 0.05) is 25.2 Å². The molecule has 1 heterocycles. The number of sulfonamides is 1. The third-order valence-electron chi connectivity index (χ3n) is 3.59. The molecule has 0 spiro atoms. The summed E-state index contributed by atoms with van der Waals surface area (Å²) < 4.78 is 42.5. The van der Waals surface area contributed by atoms with Crippen molar-refractivity contribution in [2.45, 2.75) is 45.2 Å². The first kappa shape index (κ1) is 24.1. The SMILES string of the molecule is CCOCCN(C[C@@H](C)C(=O)OC)C(=O)c1ccc(S(=O)(=O)NC(C)(C)C)o1. The quantitative estimate of drug-likeness (QED) is 0.454. The summed E-state index contributed by atoms with van der Waals surface area (Å²) in [7, 11) is -2.63. The van der Waals surface area contributed by atoms with Gasteiger partial charge < -0.3 is 18.8 Å². The van der Waals surface area contributed by atoms with E-state index in [1.165, 1.54) is 24.1 Å². The minimum absolute atomic E-state index is 0.0849. The predicted molar refractivity (Wildman–Crippen MR) is 102 cm³/mol. The van der Waals surface area contributed by atoms with Crippen molar-refractivity contribution in [3.05, 3.63) is 17.9 Å². The summed E-state index contributed by atoms with van der Waals surface area (Å²) in [4.78, 5) is 25.9. The van der Waals surface area contributed by atoms with E-state index in [1.807, 2.05) is 6.92 Å². The zero-order valence-corrected chi connectivity index (χ0v) is 18.1. The Kier molecular flexibility index (Phi) is 8.65. The molecule has 1 amide bonds. The lowest BCUT2D eigenvalue weighted by Crippen LogP contribution is -2.40. The lowest BCUT2D eigenvalue weighted by Gasteiger charge is -2.24. The third kappa shape index (κ3) is 7.25. The molecule has 0 aliphatic heterocycles. The van der Waals surface area contributed by atoms with E-state index in [2.05, 4.69) is 4.72 Å². The Balaban J connectivity index is 3.02. The number of methoxy groups -OCH3 is 1. The maximum Gasteiger partial charge on any atom is 0.310 e. The predicted octanol–water partition coefficient (Wildman–Crippen LogP) is 1.64. The number of ether oxygens (including phenoxy) is 2. The summed E-state index contributed by atoms with van der Waals surface area (Å²) in [6.07, 6.45) is 0. The van der Waals surface area contributed by atoms with Crippen molar-refractivity contribution in [2.24, 2.45) is 5.92 Å². The molecule has 0 radical (unpaired) electrons. The largest absolute Gasteiger partial charge is 0.469 e. The summed E-state index contributed by atoms with van der Waals surface area (Å²) in [5, 5.41) is -0.350.